The van der Waals surface area contributed by atoms with Gasteiger partial charge in [-0.25, -0.2) is 9.37 Å². The maximum Gasteiger partial charge on any atom is 0.416 e. The molecule has 1 aliphatic rings. The maximum absolute atomic E-state index is 13.7. The van der Waals surface area contributed by atoms with Crippen molar-refractivity contribution in [3.63, 3.8) is 0 Å². The average Bonchev–Trinajstić information content (AvgIpc) is 2.92. The molecule has 1 aliphatic heterocycles. The van der Waals surface area contributed by atoms with Crippen molar-refractivity contribution in [2.75, 3.05) is 43.0 Å². The second-order valence-electron chi connectivity index (χ2n) is 9.94. The van der Waals surface area contributed by atoms with E-state index in [1.165, 1.54) is 39.2 Å². The summed E-state index contributed by atoms with van der Waals surface area (Å²) in [6.07, 6.45) is -8.87. The Labute approximate surface area is 230 Å². The zero-order valence-corrected chi connectivity index (χ0v) is 22.2. The Hall–Kier alpha value is -3.94. The molecule has 0 aliphatic carbocycles. The Morgan fingerprint density at radius 3 is 2.00 bits per heavy atom. The zero-order valence-electron chi connectivity index (χ0n) is 22.2. The van der Waals surface area contributed by atoms with E-state index >= 15 is 0 Å². The molecule has 0 spiro atoms. The van der Waals surface area contributed by atoms with E-state index in [0.29, 0.717) is 38.3 Å². The number of halogens is 7. The number of hydrogen-bond acceptors (Lipinski definition) is 6. The Balaban J connectivity index is 1.75. The third kappa shape index (κ3) is 6.69. The fourth-order valence-corrected chi connectivity index (χ4v) is 4.26. The van der Waals surface area contributed by atoms with Gasteiger partial charge in [0.2, 0.25) is 17.7 Å². The standard InChI is InChI=1S/C27H26F7N5O2/c1-25(2,16-12-17(26(29,30)31)14-18(13-16)27(32,33)34)23(40)38(3)21-15-36-24(39-10-8-35-9-11-39)37-22(21)41-20-6-4-19(28)5-7-20/h4-7,12-15,35H,8-11H2,1-3H3. The molecule has 2 aromatic carbocycles. The van der Waals surface area contributed by atoms with E-state index in [9.17, 15) is 35.5 Å². The van der Waals surface area contributed by atoms with Gasteiger partial charge in [0.05, 0.1) is 22.7 Å². The molecule has 0 unspecified atom stereocenters. The van der Waals surface area contributed by atoms with Crippen LogP contribution in [0.4, 0.5) is 42.4 Å². The number of alkyl halides is 6. The highest BCUT2D eigenvalue weighted by Gasteiger charge is 2.41. The molecule has 14 heteroatoms. The highest BCUT2D eigenvalue weighted by molar-refractivity contribution is 6.01. The van der Waals surface area contributed by atoms with E-state index in [-0.39, 0.29) is 29.3 Å². The molecular weight excluding hydrogens is 559 g/mol. The fourth-order valence-electron chi connectivity index (χ4n) is 4.26. The molecule has 3 aromatic rings. The van der Waals surface area contributed by atoms with Crippen molar-refractivity contribution in [1.82, 2.24) is 15.3 Å². The minimum absolute atomic E-state index is 0.00505. The molecule has 0 saturated carbocycles. The molecule has 1 amide bonds. The number of piperazine rings is 1. The van der Waals surface area contributed by atoms with Gasteiger partial charge in [-0.2, -0.15) is 31.3 Å². The smallest absolute Gasteiger partial charge is 0.416 e. The quantitative estimate of drug-likeness (QED) is 0.369. The molecule has 7 nitrogen and oxygen atoms in total. The number of aromatic nitrogens is 2. The Morgan fingerprint density at radius 2 is 1.46 bits per heavy atom. The predicted molar refractivity (Wildman–Crippen MR) is 136 cm³/mol. The highest BCUT2D eigenvalue weighted by Crippen LogP contribution is 2.40. The molecule has 220 valence electrons. The van der Waals surface area contributed by atoms with Crippen molar-refractivity contribution in [2.24, 2.45) is 0 Å². The van der Waals surface area contributed by atoms with Crippen LogP contribution < -0.4 is 19.9 Å². The first kappa shape index (κ1) is 30.0. The van der Waals surface area contributed by atoms with Crippen LogP contribution in [0, 0.1) is 5.82 Å². The average molecular weight is 586 g/mol. The summed E-state index contributed by atoms with van der Waals surface area (Å²) in [4.78, 5) is 25.4. The summed E-state index contributed by atoms with van der Waals surface area (Å²) in [5.74, 6) is -1.04. The third-order valence-corrected chi connectivity index (χ3v) is 6.66. The minimum Gasteiger partial charge on any atom is -0.437 e. The number of carbonyl (C=O) groups is 1. The molecule has 1 fully saturated rings. The molecule has 0 bridgehead atoms. The number of carbonyl (C=O) groups excluding carboxylic acids is 1. The monoisotopic (exact) mass is 585 g/mol. The van der Waals surface area contributed by atoms with E-state index in [1.54, 1.807) is 0 Å². The lowest BCUT2D eigenvalue weighted by Gasteiger charge is -2.32. The summed E-state index contributed by atoms with van der Waals surface area (Å²) in [6, 6.07) is 6.03. The molecular formula is C27H26F7N5O2. The first-order valence-electron chi connectivity index (χ1n) is 12.4. The van der Waals surface area contributed by atoms with Crippen LogP contribution in [0.15, 0.2) is 48.7 Å². The lowest BCUT2D eigenvalue weighted by molar-refractivity contribution is -0.143. The largest absolute Gasteiger partial charge is 0.437 e. The summed E-state index contributed by atoms with van der Waals surface area (Å²) in [6.45, 7) is 4.93. The van der Waals surface area contributed by atoms with Crippen LogP contribution in [0.2, 0.25) is 0 Å². The molecule has 1 saturated heterocycles. The number of nitrogens with one attached hydrogen (secondary N) is 1. The van der Waals surface area contributed by atoms with Gasteiger partial charge in [0.25, 0.3) is 0 Å². The number of anilines is 2. The van der Waals surface area contributed by atoms with E-state index in [2.05, 4.69) is 15.3 Å². The van der Waals surface area contributed by atoms with E-state index in [0.717, 1.165) is 17.0 Å². The molecule has 1 N–H and O–H groups in total. The molecule has 2 heterocycles. The van der Waals surface area contributed by atoms with Crippen LogP contribution >= 0.6 is 0 Å². The first-order chi connectivity index (χ1) is 19.1. The predicted octanol–water partition coefficient (Wildman–Crippen LogP) is 5.80. The summed E-state index contributed by atoms with van der Waals surface area (Å²) >= 11 is 0. The van der Waals surface area contributed by atoms with Crippen molar-refractivity contribution < 1.29 is 40.3 Å². The Morgan fingerprint density at radius 1 is 0.927 bits per heavy atom. The Kier molecular flexibility index (Phi) is 8.16. The van der Waals surface area contributed by atoms with Gasteiger partial charge < -0.3 is 19.9 Å². The molecule has 0 atom stereocenters. The normalized spacial score (nSPS) is 14.6. The van der Waals surface area contributed by atoms with E-state index in [1.807, 2.05) is 4.90 Å². The minimum atomic E-state index is -5.08. The number of benzene rings is 2. The number of likely N-dealkylation sites (N-methyl/N-ethyl adjacent to an activating group) is 1. The van der Waals surface area contributed by atoms with Gasteiger partial charge in [-0.05, 0) is 61.9 Å². The number of amides is 1. The van der Waals surface area contributed by atoms with Crippen LogP contribution in [0.1, 0.15) is 30.5 Å². The van der Waals surface area contributed by atoms with Gasteiger partial charge >= 0.3 is 12.4 Å². The summed E-state index contributed by atoms with van der Waals surface area (Å²) in [7, 11) is 1.28. The van der Waals surface area contributed by atoms with E-state index < -0.39 is 46.2 Å². The highest BCUT2D eigenvalue weighted by atomic mass is 19.4. The van der Waals surface area contributed by atoms with Crippen LogP contribution in [-0.2, 0) is 22.6 Å². The number of rotatable bonds is 6. The second kappa shape index (κ2) is 11.1. The van der Waals surface area contributed by atoms with Crippen molar-refractivity contribution in [3.8, 4) is 11.6 Å². The van der Waals surface area contributed by atoms with Crippen LogP contribution in [-0.4, -0.2) is 49.1 Å². The maximum atomic E-state index is 13.7. The van der Waals surface area contributed by atoms with Crippen molar-refractivity contribution in [2.45, 2.75) is 31.6 Å². The van der Waals surface area contributed by atoms with Crippen molar-refractivity contribution >= 4 is 17.5 Å². The molecule has 0 radical (unpaired) electrons. The van der Waals surface area contributed by atoms with Gasteiger partial charge in [0.15, 0.2) is 0 Å². The molecule has 41 heavy (non-hydrogen) atoms. The molecule has 4 rings (SSSR count). The Bertz CT molecular complexity index is 1370. The lowest BCUT2D eigenvalue weighted by Crippen LogP contribution is -2.44. The van der Waals surface area contributed by atoms with Gasteiger partial charge in [0.1, 0.15) is 17.3 Å². The SMILES string of the molecule is CN(C(=O)C(C)(C)c1cc(C(F)(F)F)cc(C(F)(F)F)c1)c1cnc(N2CCNCC2)nc1Oc1ccc(F)cc1. The fraction of sp³-hybridized carbons (Fsp3) is 0.370. The summed E-state index contributed by atoms with van der Waals surface area (Å²) in [5.41, 5.74) is -5.42. The third-order valence-electron chi connectivity index (χ3n) is 6.66. The topological polar surface area (TPSA) is 70.6 Å². The van der Waals surface area contributed by atoms with Crippen LogP contribution in [0.3, 0.4) is 0 Å². The number of hydrogen-bond donors (Lipinski definition) is 1. The van der Waals surface area contributed by atoms with Crippen molar-refractivity contribution in [3.05, 3.63) is 71.2 Å². The number of nitrogens with zero attached hydrogens (tertiary/aromatic N) is 4. The van der Waals surface area contributed by atoms with Gasteiger partial charge in [0, 0.05) is 33.2 Å². The summed E-state index contributed by atoms with van der Waals surface area (Å²) in [5, 5.41) is 3.19. The van der Waals surface area contributed by atoms with Gasteiger partial charge in [-0.3, -0.25) is 4.79 Å². The van der Waals surface area contributed by atoms with Crippen LogP contribution in [0.25, 0.3) is 0 Å². The van der Waals surface area contributed by atoms with Gasteiger partial charge in [-0.1, -0.05) is 0 Å². The van der Waals surface area contributed by atoms with Crippen molar-refractivity contribution in [1.29, 1.82) is 0 Å². The zero-order chi connectivity index (χ0) is 30.2. The summed E-state index contributed by atoms with van der Waals surface area (Å²) < 4.78 is 100. The van der Waals surface area contributed by atoms with Gasteiger partial charge in [-0.15, -0.1) is 0 Å². The lowest BCUT2D eigenvalue weighted by atomic mass is 9.81. The van der Waals surface area contributed by atoms with E-state index in [4.69, 9.17) is 4.74 Å². The molecule has 1 aromatic heterocycles. The second-order valence-corrected chi connectivity index (χ2v) is 9.94. The first-order valence-corrected chi connectivity index (χ1v) is 12.4. The number of ether oxygens (including phenoxy) is 1. The van der Waals surface area contributed by atoms with Crippen LogP contribution in [0.5, 0.6) is 11.6 Å².